The molecule has 0 bridgehead atoms. The van der Waals surface area contributed by atoms with Gasteiger partial charge in [0.1, 0.15) is 25.2 Å². The van der Waals surface area contributed by atoms with Crippen LogP contribution in [0.1, 0.15) is 29.8 Å². The van der Waals surface area contributed by atoms with Gasteiger partial charge in [-0.25, -0.2) is 13.9 Å². The fourth-order valence-electron chi connectivity index (χ4n) is 3.74. The molecule has 1 aromatic heterocycles. The van der Waals surface area contributed by atoms with Crippen molar-refractivity contribution in [3.8, 4) is 11.1 Å². The van der Waals surface area contributed by atoms with Gasteiger partial charge in [-0.3, -0.25) is 9.35 Å². The van der Waals surface area contributed by atoms with E-state index in [2.05, 4.69) is 4.98 Å². The van der Waals surface area contributed by atoms with Crippen molar-refractivity contribution < 1.29 is 31.8 Å². The maximum atomic E-state index is 14.5. The average Bonchev–Trinajstić information content (AvgIpc) is 3.29. The largest absolute Gasteiger partial charge is 0.461 e. The third kappa shape index (κ3) is 7.80. The highest BCUT2D eigenvalue weighted by atomic mass is 32.2. The highest BCUT2D eigenvalue weighted by Gasteiger charge is 2.21. The van der Waals surface area contributed by atoms with Crippen molar-refractivity contribution >= 4 is 21.9 Å². The molecule has 4 rings (SSSR count). The van der Waals surface area contributed by atoms with Crippen LogP contribution in [-0.2, 0) is 26.2 Å². The first kappa shape index (κ1) is 30.1. The van der Waals surface area contributed by atoms with Gasteiger partial charge in [-0.1, -0.05) is 60.2 Å². The minimum absolute atomic E-state index is 0.0498. The van der Waals surface area contributed by atoms with Gasteiger partial charge in [0.15, 0.2) is 5.82 Å². The topological polar surface area (TPSA) is 142 Å². The van der Waals surface area contributed by atoms with Crippen molar-refractivity contribution in [2.24, 2.45) is 0 Å². The molecule has 0 unspecified atom stereocenters. The van der Waals surface area contributed by atoms with Crippen LogP contribution >= 0.6 is 0 Å². The van der Waals surface area contributed by atoms with Crippen LogP contribution in [0.5, 0.6) is 0 Å². The summed E-state index contributed by atoms with van der Waals surface area (Å²) in [6.45, 7) is 5.17. The van der Waals surface area contributed by atoms with Crippen LogP contribution < -0.4 is 0 Å². The summed E-state index contributed by atoms with van der Waals surface area (Å²) >= 11 is 0. The second kappa shape index (κ2) is 13.1. The lowest BCUT2D eigenvalue weighted by molar-refractivity contribution is -0.392. The number of hydrogen-bond donors (Lipinski definition) is 1. The molecule has 0 saturated carbocycles. The van der Waals surface area contributed by atoms with E-state index in [1.165, 1.54) is 22.8 Å². The van der Waals surface area contributed by atoms with Gasteiger partial charge in [0, 0.05) is 12.5 Å². The maximum absolute atomic E-state index is 14.5. The number of benzene rings is 3. The number of halogens is 1. The highest BCUT2D eigenvalue weighted by Crippen LogP contribution is 2.27. The molecule has 0 radical (unpaired) electrons. The Bertz CT molecular complexity index is 1590. The molecule has 3 aromatic carbocycles. The van der Waals surface area contributed by atoms with E-state index in [4.69, 9.17) is 9.29 Å². The first-order chi connectivity index (χ1) is 18.9. The van der Waals surface area contributed by atoms with Gasteiger partial charge in [0.05, 0.1) is 10.8 Å². The second-order valence-electron chi connectivity index (χ2n) is 8.85. The molecular weight excluding hydrogens is 541 g/mol. The number of ether oxygens (including phenoxy) is 1. The Morgan fingerprint density at radius 3 is 2.33 bits per heavy atom. The third-order valence-electron chi connectivity index (χ3n) is 6.03. The van der Waals surface area contributed by atoms with Gasteiger partial charge in [-0.05, 0) is 48.1 Å². The fraction of sp³-hybridized carbons (Fsp3) is 0.214. The SMILES string of the molecule is Cc1ccc(S(=O)(=O)O)cc1.Cc1ncc([N+](=O)[O-])n1CCOC(=O)[C@@H](C)c1ccc(-c2ccccc2)c(F)c1. The lowest BCUT2D eigenvalue weighted by Crippen LogP contribution is -2.17. The molecular formula is C28H28FN3O7S. The molecule has 40 heavy (non-hydrogen) atoms. The lowest BCUT2D eigenvalue weighted by atomic mass is 9.97. The van der Waals surface area contributed by atoms with E-state index in [1.807, 2.05) is 37.3 Å². The Morgan fingerprint density at radius 2 is 1.75 bits per heavy atom. The first-order valence-corrected chi connectivity index (χ1v) is 13.5. The first-order valence-electron chi connectivity index (χ1n) is 12.1. The summed E-state index contributed by atoms with van der Waals surface area (Å²) < 4.78 is 50.7. The molecule has 10 nitrogen and oxygen atoms in total. The number of carbonyl (C=O) groups is 1. The second-order valence-corrected chi connectivity index (χ2v) is 10.3. The highest BCUT2D eigenvalue weighted by molar-refractivity contribution is 7.85. The number of hydrogen-bond acceptors (Lipinski definition) is 7. The fourth-order valence-corrected chi connectivity index (χ4v) is 4.22. The Hall–Kier alpha value is -4.42. The molecule has 0 aliphatic heterocycles. The van der Waals surface area contributed by atoms with E-state index < -0.39 is 32.7 Å². The zero-order valence-corrected chi connectivity index (χ0v) is 22.8. The molecule has 0 aliphatic carbocycles. The predicted octanol–water partition coefficient (Wildman–Crippen LogP) is 5.49. The summed E-state index contributed by atoms with van der Waals surface area (Å²) in [6, 6.07) is 19.8. The maximum Gasteiger partial charge on any atom is 0.342 e. The standard InChI is InChI=1S/C21H20FN3O4.C7H8O3S/c1-14(17-8-9-18(19(22)12-17)16-6-4-3-5-7-16)21(26)29-11-10-24-15(2)23-13-20(24)25(27)28;1-6-2-4-7(5-3-6)11(8,9)10/h3-9,12-14H,10-11H2,1-2H3;2-5H,1H3,(H,8,9,10)/t14-;/m0./s1. The zero-order valence-electron chi connectivity index (χ0n) is 22.0. The summed E-state index contributed by atoms with van der Waals surface area (Å²) in [5, 5.41) is 11.0. The monoisotopic (exact) mass is 569 g/mol. The van der Waals surface area contributed by atoms with Gasteiger partial charge >= 0.3 is 11.8 Å². The van der Waals surface area contributed by atoms with Gasteiger partial charge in [0.2, 0.25) is 0 Å². The summed E-state index contributed by atoms with van der Waals surface area (Å²) in [5.74, 6) is -1.33. The third-order valence-corrected chi connectivity index (χ3v) is 6.90. The molecule has 4 aromatic rings. The van der Waals surface area contributed by atoms with E-state index in [-0.39, 0.29) is 23.9 Å². The van der Waals surface area contributed by atoms with Crippen LogP contribution in [0.4, 0.5) is 10.2 Å². The van der Waals surface area contributed by atoms with Crippen molar-refractivity contribution in [1.29, 1.82) is 0 Å². The van der Waals surface area contributed by atoms with E-state index >= 15 is 0 Å². The number of nitrogens with zero attached hydrogens (tertiary/aromatic N) is 3. The van der Waals surface area contributed by atoms with Crippen LogP contribution in [0, 0.1) is 29.8 Å². The van der Waals surface area contributed by atoms with E-state index in [9.17, 15) is 27.7 Å². The minimum atomic E-state index is -4.02. The molecule has 12 heteroatoms. The number of nitro groups is 1. The van der Waals surface area contributed by atoms with Gasteiger partial charge in [-0.2, -0.15) is 8.42 Å². The number of rotatable bonds is 8. The molecule has 0 saturated heterocycles. The summed E-state index contributed by atoms with van der Waals surface area (Å²) in [7, 11) is -4.02. The number of aromatic nitrogens is 2. The number of aryl methyl sites for hydroxylation is 2. The van der Waals surface area contributed by atoms with Crippen LogP contribution in [0.2, 0.25) is 0 Å². The van der Waals surface area contributed by atoms with Crippen molar-refractivity contribution in [3.05, 3.63) is 112 Å². The summed E-state index contributed by atoms with van der Waals surface area (Å²) in [6.07, 6.45) is 1.16. The molecule has 210 valence electrons. The van der Waals surface area contributed by atoms with Crippen molar-refractivity contribution in [2.45, 2.75) is 38.1 Å². The van der Waals surface area contributed by atoms with Gasteiger partial charge < -0.3 is 14.9 Å². The van der Waals surface area contributed by atoms with E-state index in [0.29, 0.717) is 17.0 Å². The molecule has 1 heterocycles. The Kier molecular flexibility index (Phi) is 9.86. The van der Waals surface area contributed by atoms with Crippen molar-refractivity contribution in [1.82, 2.24) is 9.55 Å². The smallest absolute Gasteiger partial charge is 0.342 e. The van der Waals surface area contributed by atoms with E-state index in [1.54, 1.807) is 38.1 Å². The van der Waals surface area contributed by atoms with Crippen LogP contribution in [0.25, 0.3) is 11.1 Å². The summed E-state index contributed by atoms with van der Waals surface area (Å²) in [4.78, 5) is 26.6. The zero-order chi connectivity index (χ0) is 29.4. The molecule has 0 amide bonds. The molecule has 1 atom stereocenters. The molecule has 0 fully saturated rings. The number of imidazole rings is 1. The van der Waals surface area contributed by atoms with E-state index in [0.717, 1.165) is 17.3 Å². The molecule has 0 spiro atoms. The Balaban J connectivity index is 0.000000336. The van der Waals surface area contributed by atoms with Crippen molar-refractivity contribution in [2.75, 3.05) is 6.61 Å². The normalized spacial score (nSPS) is 11.7. The van der Waals surface area contributed by atoms with Crippen LogP contribution in [0.3, 0.4) is 0 Å². The molecule has 1 N–H and O–H groups in total. The number of carbonyl (C=O) groups excluding carboxylic acids is 1. The van der Waals surface area contributed by atoms with Crippen LogP contribution in [0.15, 0.2) is 83.9 Å². The summed E-state index contributed by atoms with van der Waals surface area (Å²) in [5.41, 5.74) is 2.66. The Labute approximate surface area is 231 Å². The number of esters is 1. The van der Waals surface area contributed by atoms with Crippen molar-refractivity contribution in [3.63, 3.8) is 0 Å². The van der Waals surface area contributed by atoms with Gasteiger partial charge in [0.25, 0.3) is 10.1 Å². The predicted molar refractivity (Wildman–Crippen MR) is 146 cm³/mol. The lowest BCUT2D eigenvalue weighted by Gasteiger charge is -2.13. The molecule has 0 aliphatic rings. The Morgan fingerprint density at radius 1 is 1.10 bits per heavy atom. The average molecular weight is 570 g/mol. The minimum Gasteiger partial charge on any atom is -0.461 e. The van der Waals surface area contributed by atoms with Gasteiger partial charge in [-0.15, -0.1) is 0 Å². The van der Waals surface area contributed by atoms with Crippen LogP contribution in [-0.4, -0.2) is 40.0 Å². The quantitative estimate of drug-likeness (QED) is 0.127.